The van der Waals surface area contributed by atoms with Gasteiger partial charge >= 0.3 is 6.18 Å². The van der Waals surface area contributed by atoms with E-state index in [1.165, 1.54) is 12.4 Å². The zero-order valence-corrected chi connectivity index (χ0v) is 15.3. The van der Waals surface area contributed by atoms with Crippen LogP contribution >= 0.6 is 0 Å². The third-order valence-corrected chi connectivity index (χ3v) is 4.76. The van der Waals surface area contributed by atoms with Crippen LogP contribution in [0.1, 0.15) is 5.69 Å². The summed E-state index contributed by atoms with van der Waals surface area (Å²) in [5, 5.41) is 9.42. The third-order valence-electron chi connectivity index (χ3n) is 4.76. The molecule has 29 heavy (non-hydrogen) atoms. The van der Waals surface area contributed by atoms with Crippen LogP contribution in [0.3, 0.4) is 0 Å². The predicted molar refractivity (Wildman–Crippen MR) is 103 cm³/mol. The molecule has 2 aromatic heterocycles. The van der Waals surface area contributed by atoms with Gasteiger partial charge in [0.05, 0.1) is 0 Å². The highest BCUT2D eigenvalue weighted by atomic mass is 19.4. The normalized spacial score (nSPS) is 14.9. The highest BCUT2D eigenvalue weighted by Crippen LogP contribution is 2.32. The van der Waals surface area contributed by atoms with Gasteiger partial charge < -0.3 is 14.9 Å². The summed E-state index contributed by atoms with van der Waals surface area (Å²) in [6.07, 6.45) is -1.57. The molecule has 0 spiro atoms. The minimum absolute atomic E-state index is 0.0261. The molecule has 0 aliphatic carbocycles. The quantitative estimate of drug-likeness (QED) is 0.724. The lowest BCUT2D eigenvalue weighted by atomic mass is 10.2. The van der Waals surface area contributed by atoms with E-state index in [0.29, 0.717) is 31.7 Å². The summed E-state index contributed by atoms with van der Waals surface area (Å²) in [5.74, 6) is 0.472. The number of phenolic OH excluding ortho intramolecular Hbond substituents is 1. The summed E-state index contributed by atoms with van der Waals surface area (Å²) in [5.41, 5.74) is 0.476. The van der Waals surface area contributed by atoms with Crippen LogP contribution in [0.5, 0.6) is 5.75 Å². The number of hydrogen-bond donors (Lipinski definition) is 1. The number of piperazine rings is 1. The van der Waals surface area contributed by atoms with Gasteiger partial charge in [0.2, 0.25) is 0 Å². The maximum atomic E-state index is 13.4. The first kappa shape index (κ1) is 19.0. The van der Waals surface area contributed by atoms with Crippen LogP contribution in [-0.2, 0) is 6.18 Å². The van der Waals surface area contributed by atoms with Crippen molar-refractivity contribution in [1.29, 1.82) is 0 Å². The maximum absolute atomic E-state index is 13.4. The zero-order valence-electron chi connectivity index (χ0n) is 15.3. The number of anilines is 2. The van der Waals surface area contributed by atoms with E-state index in [1.54, 1.807) is 24.3 Å². The lowest BCUT2D eigenvalue weighted by Gasteiger charge is -2.37. The molecule has 0 amide bonds. The molecule has 9 heteroatoms. The maximum Gasteiger partial charge on any atom is 0.433 e. The number of nitrogens with zero attached hydrogens (tertiary/aromatic N) is 5. The molecule has 0 bridgehead atoms. The van der Waals surface area contributed by atoms with E-state index in [9.17, 15) is 18.3 Å². The predicted octanol–water partition coefficient (Wildman–Crippen LogP) is 3.59. The topological polar surface area (TPSA) is 65.4 Å². The fraction of sp³-hybridized carbons (Fsp3) is 0.250. The first-order valence-electron chi connectivity index (χ1n) is 9.06. The smallest absolute Gasteiger partial charge is 0.433 e. The molecule has 1 aromatic carbocycles. The number of aromatic hydroxyl groups is 1. The van der Waals surface area contributed by atoms with Crippen LogP contribution in [0, 0.1) is 0 Å². The van der Waals surface area contributed by atoms with Crippen LogP contribution in [-0.4, -0.2) is 46.2 Å². The Morgan fingerprint density at radius 1 is 0.828 bits per heavy atom. The van der Waals surface area contributed by atoms with Crippen molar-refractivity contribution in [3.8, 4) is 17.1 Å². The van der Waals surface area contributed by atoms with Crippen molar-refractivity contribution in [2.75, 3.05) is 36.0 Å². The third kappa shape index (κ3) is 4.23. The van der Waals surface area contributed by atoms with Gasteiger partial charge in [-0.25, -0.2) is 9.97 Å². The Labute approximate surface area is 165 Å². The molecule has 0 saturated carbocycles. The van der Waals surface area contributed by atoms with E-state index in [2.05, 4.69) is 19.9 Å². The molecule has 1 aliphatic rings. The lowest BCUT2D eigenvalue weighted by molar-refractivity contribution is -0.141. The number of halogens is 3. The van der Waals surface area contributed by atoms with Gasteiger partial charge in [-0.1, -0.05) is 0 Å². The van der Waals surface area contributed by atoms with E-state index in [-0.39, 0.29) is 17.4 Å². The van der Waals surface area contributed by atoms with Gasteiger partial charge in [-0.2, -0.15) is 13.2 Å². The molecule has 1 fully saturated rings. The van der Waals surface area contributed by atoms with E-state index in [4.69, 9.17) is 0 Å². The Kier molecular flexibility index (Phi) is 4.96. The summed E-state index contributed by atoms with van der Waals surface area (Å²) in [6, 6.07) is 11.0. The van der Waals surface area contributed by atoms with Gasteiger partial charge in [-0.05, 0) is 36.4 Å². The Morgan fingerprint density at radius 2 is 1.45 bits per heavy atom. The second kappa shape index (κ2) is 7.57. The van der Waals surface area contributed by atoms with Crippen molar-refractivity contribution in [3.63, 3.8) is 0 Å². The fourth-order valence-corrected chi connectivity index (χ4v) is 3.23. The van der Waals surface area contributed by atoms with Crippen molar-refractivity contribution in [3.05, 3.63) is 60.6 Å². The molecule has 1 aliphatic heterocycles. The number of aromatic nitrogens is 3. The fourth-order valence-electron chi connectivity index (χ4n) is 3.23. The van der Waals surface area contributed by atoms with Gasteiger partial charge in [0.1, 0.15) is 11.6 Å². The second-order valence-electron chi connectivity index (χ2n) is 6.66. The summed E-state index contributed by atoms with van der Waals surface area (Å²) in [4.78, 5) is 15.9. The van der Waals surface area contributed by atoms with Crippen LogP contribution < -0.4 is 9.80 Å². The number of alkyl halides is 3. The molecule has 1 saturated heterocycles. The largest absolute Gasteiger partial charge is 0.508 e. The van der Waals surface area contributed by atoms with E-state index < -0.39 is 11.9 Å². The minimum Gasteiger partial charge on any atom is -0.508 e. The summed E-state index contributed by atoms with van der Waals surface area (Å²) in [6.45, 7) is 2.29. The molecule has 150 valence electrons. The van der Waals surface area contributed by atoms with Crippen LogP contribution in [0.2, 0.25) is 0 Å². The first-order chi connectivity index (χ1) is 13.9. The van der Waals surface area contributed by atoms with E-state index in [1.807, 2.05) is 17.0 Å². The minimum atomic E-state index is -4.56. The first-order valence-corrected chi connectivity index (χ1v) is 9.06. The summed E-state index contributed by atoms with van der Waals surface area (Å²) >= 11 is 0. The monoisotopic (exact) mass is 401 g/mol. The molecule has 3 aromatic rings. The zero-order chi connectivity index (χ0) is 20.4. The Morgan fingerprint density at radius 3 is 2.07 bits per heavy atom. The van der Waals surface area contributed by atoms with Gasteiger partial charge in [-0.15, -0.1) is 0 Å². The Hall–Kier alpha value is -3.36. The van der Waals surface area contributed by atoms with E-state index >= 15 is 0 Å². The molecule has 0 atom stereocenters. The van der Waals surface area contributed by atoms with Crippen molar-refractivity contribution in [1.82, 2.24) is 15.0 Å². The lowest BCUT2D eigenvalue weighted by Crippen LogP contribution is -2.47. The van der Waals surface area contributed by atoms with Gasteiger partial charge in [-0.3, -0.25) is 4.98 Å². The molecule has 6 nitrogen and oxygen atoms in total. The van der Waals surface area contributed by atoms with Crippen molar-refractivity contribution >= 4 is 11.5 Å². The average Bonchev–Trinajstić information content (AvgIpc) is 2.74. The Bertz CT molecular complexity index is 972. The van der Waals surface area contributed by atoms with Gasteiger partial charge in [0.25, 0.3) is 0 Å². The number of rotatable bonds is 3. The number of benzene rings is 1. The summed E-state index contributed by atoms with van der Waals surface area (Å²) in [7, 11) is 0. The van der Waals surface area contributed by atoms with Gasteiger partial charge in [0, 0.05) is 55.9 Å². The van der Waals surface area contributed by atoms with Crippen molar-refractivity contribution in [2.45, 2.75) is 6.18 Å². The second-order valence-corrected chi connectivity index (χ2v) is 6.66. The molecule has 3 heterocycles. The number of phenols is 1. The highest BCUT2D eigenvalue weighted by Gasteiger charge is 2.34. The molecule has 1 N–H and O–H groups in total. The van der Waals surface area contributed by atoms with Crippen molar-refractivity contribution < 1.29 is 18.3 Å². The number of pyridine rings is 1. The molecular weight excluding hydrogens is 383 g/mol. The van der Waals surface area contributed by atoms with E-state index in [0.717, 1.165) is 11.8 Å². The van der Waals surface area contributed by atoms with Gasteiger partial charge in [0.15, 0.2) is 11.5 Å². The number of hydrogen-bond acceptors (Lipinski definition) is 6. The molecule has 0 unspecified atom stereocenters. The molecular formula is C20H18F3N5O. The highest BCUT2D eigenvalue weighted by molar-refractivity contribution is 5.58. The van der Waals surface area contributed by atoms with Crippen LogP contribution in [0.15, 0.2) is 54.9 Å². The molecule has 4 rings (SSSR count). The van der Waals surface area contributed by atoms with Crippen LogP contribution in [0.4, 0.5) is 24.7 Å². The summed E-state index contributed by atoms with van der Waals surface area (Å²) < 4.78 is 40.2. The van der Waals surface area contributed by atoms with Crippen LogP contribution in [0.25, 0.3) is 11.4 Å². The molecule has 0 radical (unpaired) electrons. The Balaban J connectivity index is 1.59. The SMILES string of the molecule is Oc1ccc(N2CCN(c3cc(C(F)(F)F)nc(-c4ccncc4)n3)CC2)cc1. The van der Waals surface area contributed by atoms with Crippen molar-refractivity contribution in [2.24, 2.45) is 0 Å². The average molecular weight is 401 g/mol. The standard InChI is InChI=1S/C20H18F3N5O/c21-20(22,23)17-13-18(26-19(25-17)14-5-7-24-8-6-14)28-11-9-27(10-12-28)15-1-3-16(29)4-2-15/h1-8,13,29H,9-12H2.